The fourth-order valence-corrected chi connectivity index (χ4v) is 4.70. The van der Waals surface area contributed by atoms with Gasteiger partial charge in [0.2, 0.25) is 0 Å². The van der Waals surface area contributed by atoms with Gasteiger partial charge in [0, 0.05) is 17.8 Å². The zero-order valence-corrected chi connectivity index (χ0v) is 20.0. The molecule has 0 bridgehead atoms. The Balaban J connectivity index is 1.80. The summed E-state index contributed by atoms with van der Waals surface area (Å²) in [6, 6.07) is 8.51. The number of anilines is 2. The molecule has 4 amide bonds. The first-order valence-electron chi connectivity index (χ1n) is 11.3. The number of urea groups is 1. The lowest BCUT2D eigenvalue weighted by atomic mass is 9.86. The van der Waals surface area contributed by atoms with Crippen LogP contribution in [0.15, 0.2) is 48.0 Å². The third-order valence-corrected chi connectivity index (χ3v) is 6.31. The number of hydrogen-bond acceptors (Lipinski definition) is 4. The molecule has 6 nitrogen and oxygen atoms in total. The van der Waals surface area contributed by atoms with Gasteiger partial charge in [0.25, 0.3) is 11.8 Å². The summed E-state index contributed by atoms with van der Waals surface area (Å²) in [5.41, 5.74) is 4.23. The molecule has 0 radical (unpaired) electrons. The van der Waals surface area contributed by atoms with Gasteiger partial charge < -0.3 is 4.90 Å². The van der Waals surface area contributed by atoms with Gasteiger partial charge in [-0.25, -0.2) is 14.1 Å². The average molecular weight is 462 g/mol. The first kappa shape index (κ1) is 23.4. The van der Waals surface area contributed by atoms with Crippen molar-refractivity contribution in [2.45, 2.75) is 46.6 Å². The van der Waals surface area contributed by atoms with Gasteiger partial charge in [-0.3, -0.25) is 14.9 Å². The number of aryl methyl sites for hydroxylation is 1. The molecule has 2 aliphatic heterocycles. The minimum absolute atomic E-state index is 0.140. The second-order valence-electron chi connectivity index (χ2n) is 9.27. The van der Waals surface area contributed by atoms with E-state index in [0.717, 1.165) is 41.4 Å². The number of para-hydroxylation sites is 1. The van der Waals surface area contributed by atoms with Crippen LogP contribution in [-0.4, -0.2) is 29.9 Å². The van der Waals surface area contributed by atoms with E-state index in [0.29, 0.717) is 10.5 Å². The summed E-state index contributed by atoms with van der Waals surface area (Å²) in [6.07, 6.45) is 4.69. The number of nitrogens with one attached hydrogen (secondary N) is 1. The van der Waals surface area contributed by atoms with E-state index >= 15 is 0 Å². The van der Waals surface area contributed by atoms with Gasteiger partial charge in [-0.05, 0) is 81.2 Å². The summed E-state index contributed by atoms with van der Waals surface area (Å²) in [5, 5.41) is 2.15. The van der Waals surface area contributed by atoms with Gasteiger partial charge >= 0.3 is 6.03 Å². The molecule has 7 heteroatoms. The van der Waals surface area contributed by atoms with Crippen molar-refractivity contribution in [2.75, 3.05) is 16.3 Å². The minimum Gasteiger partial charge on any atom is -0.362 e. The van der Waals surface area contributed by atoms with E-state index in [4.69, 9.17) is 0 Å². The molecule has 0 atom stereocenters. The van der Waals surface area contributed by atoms with Crippen LogP contribution >= 0.6 is 0 Å². The van der Waals surface area contributed by atoms with Crippen LogP contribution in [0, 0.1) is 12.7 Å². The number of rotatable bonds is 4. The van der Waals surface area contributed by atoms with Crippen LogP contribution < -0.4 is 15.1 Å². The van der Waals surface area contributed by atoms with Crippen molar-refractivity contribution >= 4 is 40.9 Å². The summed E-state index contributed by atoms with van der Waals surface area (Å²) in [5.74, 6) is -2.40. The van der Waals surface area contributed by atoms with Gasteiger partial charge in [0.05, 0.1) is 11.2 Å². The van der Waals surface area contributed by atoms with E-state index in [-0.39, 0.29) is 16.8 Å². The Hall–Kier alpha value is -3.74. The van der Waals surface area contributed by atoms with Crippen molar-refractivity contribution in [2.24, 2.45) is 0 Å². The normalized spacial score (nSPS) is 18.7. The number of halogens is 1. The molecule has 176 valence electrons. The second-order valence-corrected chi connectivity index (χ2v) is 9.27. The Morgan fingerprint density at radius 3 is 2.44 bits per heavy atom. The first-order valence-corrected chi connectivity index (χ1v) is 11.3. The summed E-state index contributed by atoms with van der Waals surface area (Å²) < 4.78 is 14.3. The fraction of sp³-hybridized carbons (Fsp3) is 0.296. The van der Waals surface area contributed by atoms with E-state index < -0.39 is 23.7 Å². The molecule has 0 aromatic heterocycles. The topological polar surface area (TPSA) is 69.7 Å². The highest BCUT2D eigenvalue weighted by atomic mass is 19.1. The molecular weight excluding hydrogens is 433 g/mol. The number of allylic oxidation sites excluding steroid dienone is 1. The highest BCUT2D eigenvalue weighted by molar-refractivity contribution is 6.39. The maximum atomic E-state index is 14.3. The Morgan fingerprint density at radius 1 is 1.06 bits per heavy atom. The predicted octanol–water partition coefficient (Wildman–Crippen LogP) is 5.21. The van der Waals surface area contributed by atoms with Gasteiger partial charge in [-0.15, -0.1) is 0 Å². The number of carbonyl (C=O) groups is 3. The molecule has 0 saturated carbocycles. The van der Waals surface area contributed by atoms with E-state index in [1.807, 2.05) is 19.9 Å². The highest BCUT2D eigenvalue weighted by Gasteiger charge is 2.38. The Morgan fingerprint density at radius 2 is 1.76 bits per heavy atom. The molecule has 2 heterocycles. The number of amides is 4. The fourth-order valence-electron chi connectivity index (χ4n) is 4.70. The number of carbonyl (C=O) groups excluding carboxylic acids is 3. The van der Waals surface area contributed by atoms with Gasteiger partial charge in [0.15, 0.2) is 0 Å². The molecule has 0 aliphatic carbocycles. The van der Waals surface area contributed by atoms with Crippen LogP contribution in [0.5, 0.6) is 0 Å². The SMILES string of the molecule is CCCN1c2cc(C)c(/C=C3/C(=O)NC(=O)N(c4ccccc4F)C3=O)cc2C(C)=CC1(C)C. The average Bonchev–Trinajstić information content (AvgIpc) is 2.75. The van der Waals surface area contributed by atoms with Crippen LogP contribution in [0.1, 0.15) is 50.8 Å². The van der Waals surface area contributed by atoms with Gasteiger partial charge in [0.1, 0.15) is 11.4 Å². The maximum Gasteiger partial charge on any atom is 0.336 e. The molecule has 2 aromatic rings. The van der Waals surface area contributed by atoms with Crippen LogP contribution in [0.3, 0.4) is 0 Å². The van der Waals surface area contributed by atoms with Crippen LogP contribution in [-0.2, 0) is 9.59 Å². The van der Waals surface area contributed by atoms with Crippen molar-refractivity contribution in [1.82, 2.24) is 5.32 Å². The van der Waals surface area contributed by atoms with Crippen LogP contribution in [0.2, 0.25) is 0 Å². The van der Waals surface area contributed by atoms with Crippen molar-refractivity contribution in [1.29, 1.82) is 0 Å². The third kappa shape index (κ3) is 3.91. The highest BCUT2D eigenvalue weighted by Crippen LogP contribution is 2.41. The monoisotopic (exact) mass is 461 g/mol. The van der Waals surface area contributed by atoms with Crippen molar-refractivity contribution < 1.29 is 18.8 Å². The number of imide groups is 2. The number of nitrogens with zero attached hydrogens (tertiary/aromatic N) is 2. The lowest BCUT2D eigenvalue weighted by molar-refractivity contribution is -0.122. The Bertz CT molecular complexity index is 1280. The molecule has 1 N–H and O–H groups in total. The van der Waals surface area contributed by atoms with E-state index in [2.05, 4.69) is 43.1 Å². The maximum absolute atomic E-state index is 14.3. The summed E-state index contributed by atoms with van der Waals surface area (Å²) >= 11 is 0. The summed E-state index contributed by atoms with van der Waals surface area (Å²) in [4.78, 5) is 41.2. The Kier molecular flexibility index (Phi) is 5.89. The Labute approximate surface area is 198 Å². The third-order valence-electron chi connectivity index (χ3n) is 6.31. The number of barbiturate groups is 1. The standard InChI is InChI=1S/C27H28FN3O3/c1-6-11-30-23-12-16(2)18(13-19(23)17(3)15-27(30,4)5)14-20-24(32)29-26(34)31(25(20)33)22-10-8-7-9-21(22)28/h7-10,12-15H,6,11H2,1-5H3,(H,29,32,34)/b20-14-. The minimum atomic E-state index is -0.976. The van der Waals surface area contributed by atoms with Gasteiger partial charge in [-0.1, -0.05) is 25.1 Å². The number of fused-ring (bicyclic) bond motifs is 1. The van der Waals surface area contributed by atoms with Crippen molar-refractivity contribution in [3.63, 3.8) is 0 Å². The quantitative estimate of drug-likeness (QED) is 0.501. The molecule has 4 rings (SSSR count). The predicted molar refractivity (Wildman–Crippen MR) is 132 cm³/mol. The zero-order chi connectivity index (χ0) is 24.8. The zero-order valence-electron chi connectivity index (χ0n) is 20.0. The summed E-state index contributed by atoms with van der Waals surface area (Å²) in [6.45, 7) is 11.4. The van der Waals surface area contributed by atoms with E-state index in [1.165, 1.54) is 24.3 Å². The molecule has 1 saturated heterocycles. The van der Waals surface area contributed by atoms with Crippen LogP contribution in [0.4, 0.5) is 20.6 Å². The van der Waals surface area contributed by atoms with Crippen molar-refractivity contribution in [3.05, 3.63) is 70.6 Å². The first-order chi connectivity index (χ1) is 16.0. The second kappa shape index (κ2) is 8.56. The van der Waals surface area contributed by atoms with Gasteiger partial charge in [-0.2, -0.15) is 0 Å². The molecule has 34 heavy (non-hydrogen) atoms. The largest absolute Gasteiger partial charge is 0.362 e. The molecule has 2 aromatic carbocycles. The van der Waals surface area contributed by atoms with E-state index in [9.17, 15) is 18.8 Å². The molecule has 0 unspecified atom stereocenters. The molecule has 1 fully saturated rings. The lowest BCUT2D eigenvalue weighted by Gasteiger charge is -2.43. The number of hydrogen-bond donors (Lipinski definition) is 1. The van der Waals surface area contributed by atoms with Crippen LogP contribution in [0.25, 0.3) is 11.6 Å². The molecular formula is C27H28FN3O3. The molecule has 0 spiro atoms. The summed E-state index contributed by atoms with van der Waals surface area (Å²) in [7, 11) is 0. The van der Waals surface area contributed by atoms with E-state index in [1.54, 1.807) is 0 Å². The smallest absolute Gasteiger partial charge is 0.336 e. The lowest BCUT2D eigenvalue weighted by Crippen LogP contribution is -2.54. The number of benzene rings is 2. The van der Waals surface area contributed by atoms with Crippen molar-refractivity contribution in [3.8, 4) is 0 Å². The molecule has 2 aliphatic rings.